The van der Waals surface area contributed by atoms with Crippen molar-refractivity contribution in [3.8, 4) is 5.75 Å². The van der Waals surface area contributed by atoms with E-state index in [-0.39, 0.29) is 18.2 Å². The fourth-order valence-corrected chi connectivity index (χ4v) is 4.10. The van der Waals surface area contributed by atoms with Crippen molar-refractivity contribution in [3.63, 3.8) is 0 Å². The number of fused-ring (bicyclic) bond motifs is 1. The molecule has 1 aliphatic heterocycles. The Hall–Kier alpha value is -2.44. The Labute approximate surface area is 166 Å². The summed E-state index contributed by atoms with van der Waals surface area (Å²) in [6, 6.07) is 9.62. The minimum atomic E-state index is -1.06. The van der Waals surface area contributed by atoms with Gasteiger partial charge in [0.1, 0.15) is 11.8 Å². The molecular weight excluding hydrogens is 391 g/mol. The highest BCUT2D eigenvalue weighted by atomic mass is 35.5. The lowest BCUT2D eigenvalue weighted by molar-refractivity contribution is -0.139. The third-order valence-corrected chi connectivity index (χ3v) is 5.06. The summed E-state index contributed by atoms with van der Waals surface area (Å²) in [5.41, 5.74) is 4.56. The highest BCUT2D eigenvalue weighted by molar-refractivity contribution is 6.35. The predicted octanol–water partition coefficient (Wildman–Crippen LogP) is 3.85. The molecule has 0 radical (unpaired) electrons. The molecule has 0 aromatic heterocycles. The summed E-state index contributed by atoms with van der Waals surface area (Å²) >= 11 is 12.7. The lowest BCUT2D eigenvalue weighted by atomic mass is 9.81. The van der Waals surface area contributed by atoms with Crippen molar-refractivity contribution in [2.24, 2.45) is 0 Å². The van der Waals surface area contributed by atoms with E-state index in [0.717, 1.165) is 5.56 Å². The second kappa shape index (κ2) is 7.66. The number of hydrogen-bond acceptors (Lipinski definition) is 4. The van der Waals surface area contributed by atoms with Crippen LogP contribution in [0.2, 0.25) is 10.0 Å². The van der Waals surface area contributed by atoms with Gasteiger partial charge >= 0.3 is 5.97 Å². The van der Waals surface area contributed by atoms with Crippen LogP contribution >= 0.6 is 23.2 Å². The zero-order chi connectivity index (χ0) is 19.7. The Morgan fingerprint density at radius 1 is 1.26 bits per heavy atom. The number of carbonyl (C=O) groups is 2. The quantitative estimate of drug-likeness (QED) is 0.802. The second-order valence-corrected chi connectivity index (χ2v) is 7.09. The van der Waals surface area contributed by atoms with Crippen molar-refractivity contribution in [2.75, 3.05) is 12.1 Å². The Morgan fingerprint density at radius 2 is 1.96 bits per heavy atom. The van der Waals surface area contributed by atoms with Gasteiger partial charge in [0.05, 0.1) is 12.8 Å². The molecule has 2 aromatic carbocycles. The van der Waals surface area contributed by atoms with Crippen molar-refractivity contribution in [2.45, 2.75) is 25.3 Å². The summed E-state index contributed by atoms with van der Waals surface area (Å²) in [4.78, 5) is 23.6. The number of hydrazine groups is 1. The molecule has 2 aromatic rings. The van der Waals surface area contributed by atoms with E-state index in [1.54, 1.807) is 19.2 Å². The van der Waals surface area contributed by atoms with Crippen LogP contribution in [-0.4, -0.2) is 30.1 Å². The topological polar surface area (TPSA) is 78.9 Å². The van der Waals surface area contributed by atoms with Crippen LogP contribution in [-0.2, 0) is 9.59 Å². The molecule has 0 unspecified atom stereocenters. The highest BCUT2D eigenvalue weighted by Crippen LogP contribution is 2.48. The molecule has 1 amide bonds. The standard InChI is InChI=1S/C19H18Cl2N2O4/c1-10(24)22-23-15-8-11(20)7-14(21)18(15)13(9-16(23)19(25)26)12-5-3-4-6-17(12)27-2/h3-8,13,16H,9H2,1-2H3,(H,22,24)(H,25,26)/t13-,16-/m1/s1. The van der Waals surface area contributed by atoms with E-state index < -0.39 is 12.0 Å². The van der Waals surface area contributed by atoms with Crippen LogP contribution in [0.15, 0.2) is 36.4 Å². The molecule has 0 aliphatic carbocycles. The van der Waals surface area contributed by atoms with Crippen LogP contribution in [0, 0.1) is 0 Å². The van der Waals surface area contributed by atoms with Crippen LogP contribution in [0.4, 0.5) is 5.69 Å². The SMILES string of the molecule is COc1ccccc1[C@H]1C[C@H](C(=O)O)N(NC(C)=O)c2cc(Cl)cc(Cl)c21. The van der Waals surface area contributed by atoms with E-state index in [1.165, 1.54) is 11.9 Å². The zero-order valence-corrected chi connectivity index (χ0v) is 16.2. The molecule has 2 N–H and O–H groups in total. The lowest BCUT2D eigenvalue weighted by Gasteiger charge is -2.40. The predicted molar refractivity (Wildman–Crippen MR) is 104 cm³/mol. The van der Waals surface area contributed by atoms with Gasteiger partial charge < -0.3 is 9.84 Å². The van der Waals surface area contributed by atoms with Crippen molar-refractivity contribution < 1.29 is 19.4 Å². The molecular formula is C19H18Cl2N2O4. The van der Waals surface area contributed by atoms with Gasteiger partial charge in [0, 0.05) is 34.0 Å². The summed E-state index contributed by atoms with van der Waals surface area (Å²) < 4.78 is 5.46. The van der Waals surface area contributed by atoms with Crippen LogP contribution in [0.3, 0.4) is 0 Å². The van der Waals surface area contributed by atoms with Crippen LogP contribution in [0.25, 0.3) is 0 Å². The number of benzene rings is 2. The van der Waals surface area contributed by atoms with Crippen molar-refractivity contribution in [1.29, 1.82) is 0 Å². The Balaban J connectivity index is 2.25. The molecule has 0 bridgehead atoms. The maximum atomic E-state index is 12.0. The van der Waals surface area contributed by atoms with E-state index in [4.69, 9.17) is 27.9 Å². The first kappa shape index (κ1) is 19.3. The number of carbonyl (C=O) groups excluding carboxylic acids is 1. The van der Waals surface area contributed by atoms with Crippen molar-refractivity contribution in [3.05, 3.63) is 57.6 Å². The van der Waals surface area contributed by atoms with Crippen LogP contribution in [0.5, 0.6) is 5.75 Å². The number of hydrogen-bond donors (Lipinski definition) is 2. The molecule has 0 fully saturated rings. The first-order valence-corrected chi connectivity index (χ1v) is 9.00. The Bertz CT molecular complexity index is 903. The number of nitrogens with zero attached hydrogens (tertiary/aromatic N) is 1. The van der Waals surface area contributed by atoms with Crippen LogP contribution in [0.1, 0.15) is 30.4 Å². The second-order valence-electron chi connectivity index (χ2n) is 6.24. The molecule has 142 valence electrons. The molecule has 6 nitrogen and oxygen atoms in total. The van der Waals surface area contributed by atoms with Gasteiger partial charge in [-0.25, -0.2) is 4.79 Å². The summed E-state index contributed by atoms with van der Waals surface area (Å²) in [5, 5.41) is 11.9. The van der Waals surface area contributed by atoms with E-state index in [9.17, 15) is 14.7 Å². The van der Waals surface area contributed by atoms with Gasteiger partial charge in [-0.1, -0.05) is 41.4 Å². The summed E-state index contributed by atoms with van der Waals surface area (Å²) in [5.74, 6) is -1.16. The average Bonchev–Trinajstić information content (AvgIpc) is 2.61. The molecule has 8 heteroatoms. The average molecular weight is 409 g/mol. The Kier molecular flexibility index (Phi) is 5.48. The van der Waals surface area contributed by atoms with Crippen molar-refractivity contribution >= 4 is 40.8 Å². The van der Waals surface area contributed by atoms with Gasteiger partial charge in [-0.2, -0.15) is 0 Å². The number of ether oxygens (including phenoxy) is 1. The van der Waals surface area contributed by atoms with E-state index >= 15 is 0 Å². The number of anilines is 1. The molecule has 0 saturated carbocycles. The number of methoxy groups -OCH3 is 1. The van der Waals surface area contributed by atoms with Gasteiger partial charge in [-0.3, -0.25) is 15.2 Å². The molecule has 27 heavy (non-hydrogen) atoms. The van der Waals surface area contributed by atoms with Gasteiger partial charge in [0.25, 0.3) is 0 Å². The number of carboxylic acid groups (broad SMARTS) is 1. The lowest BCUT2D eigenvalue weighted by Crippen LogP contribution is -2.54. The summed E-state index contributed by atoms with van der Waals surface area (Å²) in [6.07, 6.45) is 0.199. The number of halogens is 2. The number of amides is 1. The fourth-order valence-electron chi connectivity index (χ4n) is 3.49. The molecule has 0 spiro atoms. The minimum absolute atomic E-state index is 0.199. The number of nitrogens with one attached hydrogen (secondary N) is 1. The normalized spacial score (nSPS) is 18.6. The summed E-state index contributed by atoms with van der Waals surface area (Å²) in [7, 11) is 1.56. The fraction of sp³-hybridized carbons (Fsp3) is 0.263. The number of aliphatic carboxylic acids is 1. The van der Waals surface area contributed by atoms with E-state index in [0.29, 0.717) is 27.0 Å². The highest BCUT2D eigenvalue weighted by Gasteiger charge is 2.40. The van der Waals surface area contributed by atoms with Gasteiger partial charge in [-0.05, 0) is 24.6 Å². The molecule has 0 saturated heterocycles. The smallest absolute Gasteiger partial charge is 0.328 e. The van der Waals surface area contributed by atoms with Crippen LogP contribution < -0.4 is 15.2 Å². The third-order valence-electron chi connectivity index (χ3n) is 4.53. The molecule has 1 heterocycles. The van der Waals surface area contributed by atoms with E-state index in [2.05, 4.69) is 5.43 Å². The number of carboxylic acids is 1. The first-order chi connectivity index (χ1) is 12.8. The first-order valence-electron chi connectivity index (χ1n) is 8.24. The summed E-state index contributed by atoms with van der Waals surface area (Å²) in [6.45, 7) is 1.32. The maximum absolute atomic E-state index is 12.0. The third kappa shape index (κ3) is 3.68. The minimum Gasteiger partial charge on any atom is -0.496 e. The maximum Gasteiger partial charge on any atom is 0.328 e. The number of para-hydroxylation sites is 1. The molecule has 2 atom stereocenters. The largest absolute Gasteiger partial charge is 0.496 e. The number of rotatable bonds is 4. The molecule has 3 rings (SSSR count). The zero-order valence-electron chi connectivity index (χ0n) is 14.7. The van der Waals surface area contributed by atoms with Crippen molar-refractivity contribution in [1.82, 2.24) is 5.43 Å². The van der Waals surface area contributed by atoms with Gasteiger partial charge in [0.15, 0.2) is 0 Å². The van der Waals surface area contributed by atoms with E-state index in [1.807, 2.05) is 24.3 Å². The Morgan fingerprint density at radius 3 is 2.59 bits per heavy atom. The van der Waals surface area contributed by atoms with Gasteiger partial charge in [-0.15, -0.1) is 0 Å². The molecule has 1 aliphatic rings. The van der Waals surface area contributed by atoms with Gasteiger partial charge in [0.2, 0.25) is 5.91 Å². The monoisotopic (exact) mass is 408 g/mol.